The van der Waals surface area contributed by atoms with E-state index in [1.165, 1.54) is 0 Å². The summed E-state index contributed by atoms with van der Waals surface area (Å²) in [5, 5.41) is -0.0975. The standard InChI is InChI=1S/C12H17N3O2S/c1-8(2)15-7-5-6-10-9(3)13-12(14-11(10)15)18(4,16)17/h5-6,8H,7H2,1-4H3. The van der Waals surface area contributed by atoms with E-state index in [-0.39, 0.29) is 11.2 Å². The van der Waals surface area contributed by atoms with Gasteiger partial charge in [0.2, 0.25) is 15.0 Å². The molecule has 0 spiro atoms. The maximum Gasteiger partial charge on any atom is 0.249 e. The van der Waals surface area contributed by atoms with Gasteiger partial charge in [-0.3, -0.25) is 0 Å². The van der Waals surface area contributed by atoms with E-state index in [1.54, 1.807) is 0 Å². The normalized spacial score (nSPS) is 15.1. The largest absolute Gasteiger partial charge is 0.350 e. The minimum absolute atomic E-state index is 0.0975. The Hall–Kier alpha value is -1.43. The van der Waals surface area contributed by atoms with Crippen LogP contribution in [-0.2, 0) is 9.84 Å². The van der Waals surface area contributed by atoms with Crippen LogP contribution in [0.3, 0.4) is 0 Å². The second-order valence-corrected chi connectivity index (χ2v) is 6.66. The summed E-state index contributed by atoms with van der Waals surface area (Å²) < 4.78 is 23.2. The van der Waals surface area contributed by atoms with E-state index in [9.17, 15) is 8.42 Å². The van der Waals surface area contributed by atoms with Crippen LogP contribution in [0.1, 0.15) is 25.1 Å². The quantitative estimate of drug-likeness (QED) is 0.758. The Bertz CT molecular complexity index is 606. The van der Waals surface area contributed by atoms with Crippen molar-refractivity contribution in [3.05, 3.63) is 17.3 Å². The van der Waals surface area contributed by atoms with Gasteiger partial charge in [0, 0.05) is 24.4 Å². The summed E-state index contributed by atoms with van der Waals surface area (Å²) >= 11 is 0. The molecule has 5 nitrogen and oxygen atoms in total. The number of rotatable bonds is 2. The molecule has 0 atom stereocenters. The highest BCUT2D eigenvalue weighted by molar-refractivity contribution is 7.90. The second-order valence-electron chi connectivity index (χ2n) is 4.75. The van der Waals surface area contributed by atoms with E-state index in [4.69, 9.17) is 0 Å². The van der Waals surface area contributed by atoms with Gasteiger partial charge in [-0.1, -0.05) is 12.2 Å². The number of aryl methyl sites for hydroxylation is 1. The first-order valence-corrected chi connectivity index (χ1v) is 7.71. The molecule has 0 saturated carbocycles. The fourth-order valence-electron chi connectivity index (χ4n) is 1.95. The molecule has 0 N–H and O–H groups in total. The lowest BCUT2D eigenvalue weighted by Gasteiger charge is -2.31. The molecule has 98 valence electrons. The van der Waals surface area contributed by atoms with Crippen LogP contribution in [-0.4, -0.2) is 37.2 Å². The lowest BCUT2D eigenvalue weighted by Crippen LogP contribution is -2.34. The molecule has 0 fully saturated rings. The Morgan fingerprint density at radius 3 is 2.56 bits per heavy atom. The van der Waals surface area contributed by atoms with Crippen molar-refractivity contribution in [2.24, 2.45) is 0 Å². The molecule has 6 heteroatoms. The fourth-order valence-corrected chi connectivity index (χ4v) is 2.50. The molecule has 1 aromatic rings. The smallest absolute Gasteiger partial charge is 0.249 e. The van der Waals surface area contributed by atoms with Crippen molar-refractivity contribution < 1.29 is 8.42 Å². The van der Waals surface area contributed by atoms with Crippen LogP contribution in [0.4, 0.5) is 5.82 Å². The van der Waals surface area contributed by atoms with Crippen LogP contribution < -0.4 is 4.90 Å². The Balaban J connectivity index is 2.67. The molecule has 0 saturated heterocycles. The highest BCUT2D eigenvalue weighted by Gasteiger charge is 2.23. The second kappa shape index (κ2) is 4.35. The van der Waals surface area contributed by atoms with Crippen molar-refractivity contribution in [2.75, 3.05) is 17.7 Å². The maximum atomic E-state index is 11.6. The molecule has 0 aromatic carbocycles. The van der Waals surface area contributed by atoms with Gasteiger partial charge < -0.3 is 4.90 Å². The monoisotopic (exact) mass is 267 g/mol. The van der Waals surface area contributed by atoms with Crippen LogP contribution in [0.2, 0.25) is 0 Å². The minimum atomic E-state index is -3.38. The molecule has 0 bridgehead atoms. The highest BCUT2D eigenvalue weighted by atomic mass is 32.2. The number of anilines is 1. The molecule has 18 heavy (non-hydrogen) atoms. The topological polar surface area (TPSA) is 63.2 Å². The Kier molecular flexibility index (Phi) is 3.14. The first-order valence-electron chi connectivity index (χ1n) is 5.82. The lowest BCUT2D eigenvalue weighted by atomic mass is 10.1. The molecule has 0 radical (unpaired) electrons. The number of hydrogen-bond acceptors (Lipinski definition) is 5. The van der Waals surface area contributed by atoms with Crippen LogP contribution in [0.15, 0.2) is 11.2 Å². The van der Waals surface area contributed by atoms with Crippen molar-refractivity contribution in [1.82, 2.24) is 9.97 Å². The summed E-state index contributed by atoms with van der Waals surface area (Å²) in [6.07, 6.45) is 5.13. The third-order valence-electron chi connectivity index (χ3n) is 2.91. The van der Waals surface area contributed by atoms with Crippen molar-refractivity contribution in [3.8, 4) is 0 Å². The number of sulfone groups is 1. The maximum absolute atomic E-state index is 11.6. The molecule has 0 unspecified atom stereocenters. The molecule has 0 aliphatic carbocycles. The zero-order chi connectivity index (χ0) is 13.5. The van der Waals surface area contributed by atoms with Gasteiger partial charge in [-0.05, 0) is 20.8 Å². The summed E-state index contributed by atoms with van der Waals surface area (Å²) in [5.41, 5.74) is 1.60. The molecule has 1 aromatic heterocycles. The summed E-state index contributed by atoms with van der Waals surface area (Å²) in [4.78, 5) is 10.4. The number of fused-ring (bicyclic) bond motifs is 1. The Labute approximate surface area is 107 Å². The molecule has 1 aliphatic rings. The molecule has 2 heterocycles. The van der Waals surface area contributed by atoms with Crippen molar-refractivity contribution in [3.63, 3.8) is 0 Å². The van der Waals surface area contributed by atoms with Crippen LogP contribution in [0, 0.1) is 6.92 Å². The summed E-state index contributed by atoms with van der Waals surface area (Å²) in [5.74, 6) is 0.709. The van der Waals surface area contributed by atoms with Crippen LogP contribution in [0.5, 0.6) is 0 Å². The van der Waals surface area contributed by atoms with Gasteiger partial charge >= 0.3 is 0 Å². The predicted octanol–water partition coefficient (Wildman–Crippen LogP) is 1.43. The summed E-state index contributed by atoms with van der Waals surface area (Å²) in [6.45, 7) is 6.66. The first-order chi connectivity index (χ1) is 8.30. The first kappa shape index (κ1) is 13.0. The molecule has 2 rings (SSSR count). The van der Waals surface area contributed by atoms with E-state index in [1.807, 2.05) is 19.1 Å². The fraction of sp³-hybridized carbons (Fsp3) is 0.500. The molecule has 1 aliphatic heterocycles. The Morgan fingerprint density at radius 2 is 2.00 bits per heavy atom. The third-order valence-corrected chi connectivity index (χ3v) is 3.76. The molecular weight excluding hydrogens is 250 g/mol. The van der Waals surface area contributed by atoms with Gasteiger partial charge in [0.1, 0.15) is 5.82 Å². The van der Waals surface area contributed by atoms with E-state index in [0.29, 0.717) is 11.5 Å². The van der Waals surface area contributed by atoms with Gasteiger partial charge in [0.25, 0.3) is 0 Å². The SMILES string of the molecule is Cc1nc(S(C)(=O)=O)nc2c1C=CCN2C(C)C. The van der Waals surface area contributed by atoms with E-state index >= 15 is 0 Å². The third kappa shape index (κ3) is 2.25. The van der Waals surface area contributed by atoms with Crippen LogP contribution in [0.25, 0.3) is 6.08 Å². The van der Waals surface area contributed by atoms with E-state index in [2.05, 4.69) is 28.7 Å². The average molecular weight is 267 g/mol. The number of hydrogen-bond donors (Lipinski definition) is 0. The predicted molar refractivity (Wildman–Crippen MR) is 71.4 cm³/mol. The number of aromatic nitrogens is 2. The van der Waals surface area contributed by atoms with E-state index < -0.39 is 9.84 Å². The zero-order valence-corrected chi connectivity index (χ0v) is 11.8. The van der Waals surface area contributed by atoms with Crippen molar-refractivity contribution in [2.45, 2.75) is 32.0 Å². The summed E-state index contributed by atoms with van der Waals surface area (Å²) in [7, 11) is -3.38. The van der Waals surface area contributed by atoms with Gasteiger partial charge in [-0.2, -0.15) is 0 Å². The summed E-state index contributed by atoms with van der Waals surface area (Å²) in [6, 6.07) is 0.260. The van der Waals surface area contributed by atoms with Gasteiger partial charge in [-0.25, -0.2) is 18.4 Å². The number of nitrogens with zero attached hydrogens (tertiary/aromatic N) is 3. The van der Waals surface area contributed by atoms with Gasteiger partial charge in [0.15, 0.2) is 0 Å². The Morgan fingerprint density at radius 1 is 1.33 bits per heavy atom. The zero-order valence-electron chi connectivity index (χ0n) is 11.0. The minimum Gasteiger partial charge on any atom is -0.350 e. The van der Waals surface area contributed by atoms with Crippen molar-refractivity contribution in [1.29, 1.82) is 0 Å². The average Bonchev–Trinajstić information content (AvgIpc) is 2.26. The van der Waals surface area contributed by atoms with Gasteiger partial charge in [-0.15, -0.1) is 0 Å². The highest BCUT2D eigenvalue weighted by Crippen LogP contribution is 2.28. The van der Waals surface area contributed by atoms with Crippen molar-refractivity contribution >= 4 is 21.7 Å². The van der Waals surface area contributed by atoms with Crippen LogP contribution >= 0.6 is 0 Å². The van der Waals surface area contributed by atoms with E-state index in [0.717, 1.165) is 18.4 Å². The lowest BCUT2D eigenvalue weighted by molar-refractivity contribution is 0.590. The molecule has 0 amide bonds. The van der Waals surface area contributed by atoms with Gasteiger partial charge in [0.05, 0.1) is 5.69 Å². The molecular formula is C12H17N3O2S.